The Bertz CT molecular complexity index is 333. The van der Waals surface area contributed by atoms with E-state index >= 15 is 0 Å². The zero-order chi connectivity index (χ0) is 13.3. The van der Waals surface area contributed by atoms with Crippen molar-refractivity contribution in [2.24, 2.45) is 5.73 Å². The van der Waals surface area contributed by atoms with Crippen LogP contribution in [0.5, 0.6) is 0 Å². The van der Waals surface area contributed by atoms with E-state index in [1.54, 1.807) is 0 Å². The molecule has 1 aromatic heterocycles. The summed E-state index contributed by atoms with van der Waals surface area (Å²) in [6, 6.07) is 6.16. The molecule has 4 nitrogen and oxygen atoms in total. The lowest BCUT2D eigenvalue weighted by Gasteiger charge is -2.34. The van der Waals surface area contributed by atoms with Crippen molar-refractivity contribution in [1.29, 1.82) is 0 Å². The summed E-state index contributed by atoms with van der Waals surface area (Å²) < 4.78 is 0. The van der Waals surface area contributed by atoms with Crippen LogP contribution in [0.3, 0.4) is 0 Å². The number of rotatable bonds is 7. The van der Waals surface area contributed by atoms with Crippen LogP contribution in [0.4, 0.5) is 0 Å². The Morgan fingerprint density at radius 3 is 2.37 bits per heavy atom. The first kappa shape index (κ1) is 14.4. The Labute approximate surface area is 116 Å². The van der Waals surface area contributed by atoms with Crippen molar-refractivity contribution in [3.8, 4) is 0 Å². The molecule has 0 aliphatic carbocycles. The number of hydrogen-bond acceptors (Lipinski definition) is 4. The van der Waals surface area contributed by atoms with E-state index in [0.717, 1.165) is 25.9 Å². The van der Waals surface area contributed by atoms with E-state index in [4.69, 9.17) is 5.73 Å². The summed E-state index contributed by atoms with van der Waals surface area (Å²) in [5.41, 5.74) is 6.73. The molecule has 0 saturated carbocycles. The van der Waals surface area contributed by atoms with Gasteiger partial charge in [0.1, 0.15) is 0 Å². The van der Waals surface area contributed by atoms with Gasteiger partial charge in [0.15, 0.2) is 0 Å². The van der Waals surface area contributed by atoms with E-state index in [1.807, 2.05) is 12.3 Å². The van der Waals surface area contributed by atoms with Crippen LogP contribution in [0.2, 0.25) is 0 Å². The van der Waals surface area contributed by atoms with Crippen LogP contribution in [-0.4, -0.2) is 60.6 Å². The molecule has 106 valence electrons. The van der Waals surface area contributed by atoms with Gasteiger partial charge < -0.3 is 15.5 Å². The van der Waals surface area contributed by atoms with Crippen LogP contribution in [0.1, 0.15) is 18.5 Å². The van der Waals surface area contributed by atoms with Crippen LogP contribution in [0, 0.1) is 0 Å². The quantitative estimate of drug-likeness (QED) is 0.744. The van der Waals surface area contributed by atoms with Gasteiger partial charge in [-0.25, -0.2) is 0 Å². The summed E-state index contributed by atoms with van der Waals surface area (Å²) in [5.74, 6) is 0. The number of pyridine rings is 1. The molecule has 0 atom stereocenters. The van der Waals surface area contributed by atoms with Crippen molar-refractivity contribution in [2.75, 3.05) is 45.8 Å². The van der Waals surface area contributed by atoms with Gasteiger partial charge in [-0.3, -0.25) is 4.98 Å². The Balaban J connectivity index is 1.61. The van der Waals surface area contributed by atoms with Crippen LogP contribution in [-0.2, 0) is 6.42 Å². The van der Waals surface area contributed by atoms with Gasteiger partial charge in [-0.05, 0) is 38.1 Å². The van der Waals surface area contributed by atoms with Gasteiger partial charge in [-0.2, -0.15) is 0 Å². The molecule has 0 spiro atoms. The number of unbranched alkanes of at least 4 members (excludes halogenated alkanes) is 1. The molecule has 0 bridgehead atoms. The minimum absolute atomic E-state index is 0.823. The maximum atomic E-state index is 5.53. The van der Waals surface area contributed by atoms with Gasteiger partial charge in [0, 0.05) is 51.0 Å². The SMILES string of the molecule is NCCCCN1CCN(CCc2ccccn2)CC1. The molecule has 2 heterocycles. The molecule has 4 heteroatoms. The summed E-state index contributed by atoms with van der Waals surface area (Å²) in [7, 11) is 0. The second-order valence-corrected chi connectivity index (χ2v) is 5.25. The van der Waals surface area contributed by atoms with Crippen molar-refractivity contribution < 1.29 is 0 Å². The summed E-state index contributed by atoms with van der Waals surface area (Å²) in [6.45, 7) is 7.95. The molecular weight excluding hydrogens is 236 g/mol. The summed E-state index contributed by atoms with van der Waals surface area (Å²) in [6.07, 6.45) is 5.34. The number of aromatic nitrogens is 1. The molecule has 1 aliphatic heterocycles. The Kier molecular flexibility index (Phi) is 6.27. The maximum absolute atomic E-state index is 5.53. The predicted molar refractivity (Wildman–Crippen MR) is 79.1 cm³/mol. The third-order valence-electron chi connectivity index (χ3n) is 3.80. The van der Waals surface area contributed by atoms with Crippen molar-refractivity contribution in [2.45, 2.75) is 19.3 Å². The second kappa shape index (κ2) is 8.25. The van der Waals surface area contributed by atoms with E-state index in [2.05, 4.69) is 26.9 Å². The topological polar surface area (TPSA) is 45.4 Å². The fourth-order valence-corrected chi connectivity index (χ4v) is 2.53. The third kappa shape index (κ3) is 5.27. The van der Waals surface area contributed by atoms with Gasteiger partial charge >= 0.3 is 0 Å². The molecular formula is C15H26N4. The first-order valence-corrected chi connectivity index (χ1v) is 7.43. The van der Waals surface area contributed by atoms with Gasteiger partial charge in [0.05, 0.1) is 0 Å². The predicted octanol–water partition coefficient (Wildman–Crippen LogP) is 0.981. The first-order chi connectivity index (χ1) is 9.38. The zero-order valence-electron chi connectivity index (χ0n) is 11.8. The summed E-state index contributed by atoms with van der Waals surface area (Å²) in [4.78, 5) is 9.49. The number of piperazine rings is 1. The van der Waals surface area contributed by atoms with E-state index in [9.17, 15) is 0 Å². The molecule has 0 unspecified atom stereocenters. The molecule has 1 aromatic rings. The molecule has 1 aliphatic rings. The Morgan fingerprint density at radius 2 is 1.74 bits per heavy atom. The second-order valence-electron chi connectivity index (χ2n) is 5.25. The van der Waals surface area contributed by atoms with E-state index < -0.39 is 0 Å². The Morgan fingerprint density at radius 1 is 1.00 bits per heavy atom. The fourth-order valence-electron chi connectivity index (χ4n) is 2.53. The standard InChI is InChI=1S/C15H26N4/c16-7-2-4-9-18-11-13-19(14-12-18)10-6-15-5-1-3-8-17-15/h1,3,5,8H,2,4,6-7,9-14,16H2. The smallest absolute Gasteiger partial charge is 0.0416 e. The highest BCUT2D eigenvalue weighted by Gasteiger charge is 2.15. The molecule has 2 rings (SSSR count). The Hall–Kier alpha value is -0.970. The van der Waals surface area contributed by atoms with Crippen LogP contribution in [0.15, 0.2) is 24.4 Å². The number of nitrogens with zero attached hydrogens (tertiary/aromatic N) is 3. The van der Waals surface area contributed by atoms with Gasteiger partial charge in [-0.15, -0.1) is 0 Å². The highest BCUT2D eigenvalue weighted by molar-refractivity contribution is 5.03. The van der Waals surface area contributed by atoms with E-state index in [-0.39, 0.29) is 0 Å². The molecule has 0 amide bonds. The minimum Gasteiger partial charge on any atom is -0.330 e. The van der Waals surface area contributed by atoms with Gasteiger partial charge in [0.25, 0.3) is 0 Å². The lowest BCUT2D eigenvalue weighted by Crippen LogP contribution is -2.47. The molecule has 0 aromatic carbocycles. The molecule has 1 fully saturated rings. The van der Waals surface area contributed by atoms with Crippen molar-refractivity contribution >= 4 is 0 Å². The molecule has 19 heavy (non-hydrogen) atoms. The minimum atomic E-state index is 0.823. The van der Waals surface area contributed by atoms with Crippen molar-refractivity contribution in [3.63, 3.8) is 0 Å². The van der Waals surface area contributed by atoms with Crippen LogP contribution in [0.25, 0.3) is 0 Å². The average Bonchev–Trinajstić information content (AvgIpc) is 2.48. The summed E-state index contributed by atoms with van der Waals surface area (Å²) in [5, 5.41) is 0. The first-order valence-electron chi connectivity index (χ1n) is 7.43. The van der Waals surface area contributed by atoms with Gasteiger partial charge in [0.2, 0.25) is 0 Å². The average molecular weight is 262 g/mol. The zero-order valence-corrected chi connectivity index (χ0v) is 11.8. The molecule has 2 N–H and O–H groups in total. The number of hydrogen-bond donors (Lipinski definition) is 1. The van der Waals surface area contributed by atoms with E-state index in [1.165, 1.54) is 44.8 Å². The summed E-state index contributed by atoms with van der Waals surface area (Å²) >= 11 is 0. The molecule has 1 saturated heterocycles. The third-order valence-corrected chi connectivity index (χ3v) is 3.80. The van der Waals surface area contributed by atoms with E-state index in [0.29, 0.717) is 0 Å². The lowest BCUT2D eigenvalue weighted by atomic mass is 10.2. The number of nitrogens with two attached hydrogens (primary N) is 1. The van der Waals surface area contributed by atoms with Crippen LogP contribution < -0.4 is 5.73 Å². The molecule has 0 radical (unpaired) electrons. The monoisotopic (exact) mass is 262 g/mol. The van der Waals surface area contributed by atoms with Crippen molar-refractivity contribution in [3.05, 3.63) is 30.1 Å². The van der Waals surface area contributed by atoms with Gasteiger partial charge in [-0.1, -0.05) is 6.07 Å². The largest absolute Gasteiger partial charge is 0.330 e. The highest BCUT2D eigenvalue weighted by atomic mass is 15.3. The highest BCUT2D eigenvalue weighted by Crippen LogP contribution is 2.05. The maximum Gasteiger partial charge on any atom is 0.0416 e. The lowest BCUT2D eigenvalue weighted by molar-refractivity contribution is 0.132. The normalized spacial score (nSPS) is 17.7. The fraction of sp³-hybridized carbons (Fsp3) is 0.667. The van der Waals surface area contributed by atoms with Crippen LogP contribution >= 0.6 is 0 Å². The van der Waals surface area contributed by atoms with Crippen molar-refractivity contribution in [1.82, 2.24) is 14.8 Å².